The number of nitrogens with one attached hydrogen (secondary N) is 2. The fourth-order valence-corrected chi connectivity index (χ4v) is 4.96. The van der Waals surface area contributed by atoms with Crippen LogP contribution in [0.1, 0.15) is 38.2 Å². The number of quaternary nitrogens is 1. The zero-order valence-electron chi connectivity index (χ0n) is 17.6. The molecule has 0 radical (unpaired) electrons. The summed E-state index contributed by atoms with van der Waals surface area (Å²) in [7, 11) is 2.03. The van der Waals surface area contributed by atoms with Crippen LogP contribution in [0.5, 0.6) is 0 Å². The standard InChI is InChI=1S/C22H32N4O3/c1-17-5-3-4-10-22(17)20(27)26(21(28)23-22)16-24(2)15-18-6-8-19(9-7-18)25-11-13-29-14-12-25/h6-9,17H,3-5,10-16H2,1-2H3,(H,23,28)/p+1/t17-,22+/m1/s1. The van der Waals surface area contributed by atoms with E-state index in [9.17, 15) is 9.59 Å². The smallest absolute Gasteiger partial charge is 0.329 e. The third-order valence-corrected chi connectivity index (χ3v) is 6.75. The zero-order chi connectivity index (χ0) is 20.4. The van der Waals surface area contributed by atoms with Gasteiger partial charge in [-0.05, 0) is 30.9 Å². The summed E-state index contributed by atoms with van der Waals surface area (Å²) in [5.74, 6) is 0.169. The van der Waals surface area contributed by atoms with E-state index in [2.05, 4.69) is 41.4 Å². The van der Waals surface area contributed by atoms with Crippen LogP contribution in [0.3, 0.4) is 0 Å². The molecule has 7 nitrogen and oxygen atoms in total. The summed E-state index contributed by atoms with van der Waals surface area (Å²) in [4.78, 5) is 30.6. The highest BCUT2D eigenvalue weighted by Crippen LogP contribution is 2.37. The number of amides is 3. The third kappa shape index (κ3) is 3.98. The van der Waals surface area contributed by atoms with Gasteiger partial charge >= 0.3 is 6.03 Å². The Labute approximate surface area is 173 Å². The first-order chi connectivity index (χ1) is 14.0. The van der Waals surface area contributed by atoms with Crippen molar-refractivity contribution in [3.8, 4) is 0 Å². The third-order valence-electron chi connectivity index (χ3n) is 6.75. The van der Waals surface area contributed by atoms with Crippen molar-refractivity contribution in [2.75, 3.05) is 44.9 Å². The summed E-state index contributed by atoms with van der Waals surface area (Å²) in [6.45, 7) is 6.66. The average molecular weight is 402 g/mol. The lowest BCUT2D eigenvalue weighted by Gasteiger charge is -2.36. The largest absolute Gasteiger partial charge is 0.378 e. The second kappa shape index (κ2) is 8.32. The Morgan fingerprint density at radius 1 is 1.17 bits per heavy atom. The van der Waals surface area contributed by atoms with Gasteiger partial charge in [-0.25, -0.2) is 9.69 Å². The van der Waals surface area contributed by atoms with Crippen LogP contribution in [0.2, 0.25) is 0 Å². The van der Waals surface area contributed by atoms with Gasteiger partial charge < -0.3 is 19.9 Å². The molecule has 29 heavy (non-hydrogen) atoms. The van der Waals surface area contributed by atoms with Crippen molar-refractivity contribution in [1.82, 2.24) is 10.2 Å². The van der Waals surface area contributed by atoms with Crippen LogP contribution in [0.15, 0.2) is 24.3 Å². The van der Waals surface area contributed by atoms with Gasteiger partial charge in [-0.3, -0.25) is 4.79 Å². The summed E-state index contributed by atoms with van der Waals surface area (Å²) in [6.07, 6.45) is 3.90. The number of hydrogen-bond acceptors (Lipinski definition) is 4. The van der Waals surface area contributed by atoms with Crippen LogP contribution < -0.4 is 15.1 Å². The van der Waals surface area contributed by atoms with Crippen molar-refractivity contribution in [3.63, 3.8) is 0 Å². The summed E-state index contributed by atoms with van der Waals surface area (Å²) in [5.41, 5.74) is 1.75. The molecule has 158 valence electrons. The molecule has 3 aliphatic rings. The van der Waals surface area contributed by atoms with Crippen LogP contribution in [0.25, 0.3) is 0 Å². The van der Waals surface area contributed by atoms with Crippen molar-refractivity contribution in [1.29, 1.82) is 0 Å². The van der Waals surface area contributed by atoms with Gasteiger partial charge in [0.05, 0.1) is 20.3 Å². The number of benzene rings is 1. The average Bonchev–Trinajstić information content (AvgIpc) is 2.96. The van der Waals surface area contributed by atoms with E-state index in [0.29, 0.717) is 6.67 Å². The fourth-order valence-electron chi connectivity index (χ4n) is 4.96. The van der Waals surface area contributed by atoms with E-state index in [0.717, 1.165) is 63.4 Å². The molecule has 3 amide bonds. The van der Waals surface area contributed by atoms with Crippen molar-refractivity contribution >= 4 is 17.6 Å². The second-order valence-electron chi connectivity index (χ2n) is 8.84. The lowest BCUT2D eigenvalue weighted by Crippen LogP contribution is -3.09. The number of ether oxygens (including phenoxy) is 1. The van der Waals surface area contributed by atoms with Crippen molar-refractivity contribution in [2.24, 2.45) is 5.92 Å². The Hall–Kier alpha value is -2.12. The molecule has 1 aliphatic carbocycles. The maximum atomic E-state index is 13.1. The molecule has 1 spiro atoms. The van der Waals surface area contributed by atoms with Gasteiger partial charge in [-0.15, -0.1) is 0 Å². The number of morpholine rings is 1. The lowest BCUT2D eigenvalue weighted by atomic mass is 9.73. The van der Waals surface area contributed by atoms with Gasteiger partial charge in [0.15, 0.2) is 6.67 Å². The molecular formula is C22H33N4O3+. The Kier molecular flexibility index (Phi) is 5.79. The lowest BCUT2D eigenvalue weighted by molar-refractivity contribution is -0.901. The van der Waals surface area contributed by atoms with E-state index in [4.69, 9.17) is 4.74 Å². The number of rotatable bonds is 5. The van der Waals surface area contributed by atoms with E-state index in [1.807, 2.05) is 7.05 Å². The monoisotopic (exact) mass is 401 g/mol. The molecule has 7 heteroatoms. The van der Waals surface area contributed by atoms with Gasteiger partial charge in [-0.2, -0.15) is 0 Å². The van der Waals surface area contributed by atoms with Crippen molar-refractivity contribution in [3.05, 3.63) is 29.8 Å². The molecule has 0 aromatic heterocycles. The van der Waals surface area contributed by atoms with Gasteiger partial charge in [0.2, 0.25) is 0 Å². The molecular weight excluding hydrogens is 368 g/mol. The number of nitrogens with zero attached hydrogens (tertiary/aromatic N) is 2. The Balaban J connectivity index is 1.36. The molecule has 4 rings (SSSR count). The minimum atomic E-state index is -0.671. The molecule has 1 saturated carbocycles. The Morgan fingerprint density at radius 3 is 2.59 bits per heavy atom. The van der Waals surface area contributed by atoms with Gasteiger partial charge in [0.1, 0.15) is 12.1 Å². The molecule has 2 N–H and O–H groups in total. The number of carbonyl (C=O) groups excluding carboxylic acids is 2. The van der Waals surface area contributed by atoms with Crippen molar-refractivity contribution < 1.29 is 19.2 Å². The van der Waals surface area contributed by atoms with E-state index >= 15 is 0 Å². The van der Waals surface area contributed by atoms with Crippen LogP contribution in [0.4, 0.5) is 10.5 Å². The zero-order valence-corrected chi connectivity index (χ0v) is 17.6. The molecule has 2 saturated heterocycles. The highest BCUT2D eigenvalue weighted by molar-refractivity contribution is 6.07. The molecule has 0 bridgehead atoms. The fraction of sp³-hybridized carbons (Fsp3) is 0.636. The summed E-state index contributed by atoms with van der Waals surface area (Å²) >= 11 is 0. The molecule has 1 aromatic carbocycles. The number of anilines is 1. The first-order valence-electron chi connectivity index (χ1n) is 10.9. The minimum Gasteiger partial charge on any atom is -0.378 e. The summed E-state index contributed by atoms with van der Waals surface area (Å²) in [5, 5.41) is 3.04. The normalized spacial score (nSPS) is 28.7. The molecule has 1 unspecified atom stereocenters. The maximum Gasteiger partial charge on any atom is 0.329 e. The molecule has 2 aliphatic heterocycles. The molecule has 1 aromatic rings. The minimum absolute atomic E-state index is 0.0308. The summed E-state index contributed by atoms with van der Waals surface area (Å²) < 4.78 is 5.42. The predicted molar refractivity (Wildman–Crippen MR) is 111 cm³/mol. The Morgan fingerprint density at radius 2 is 1.90 bits per heavy atom. The highest BCUT2D eigenvalue weighted by Gasteiger charge is 2.55. The van der Waals surface area contributed by atoms with E-state index in [1.165, 1.54) is 16.2 Å². The second-order valence-corrected chi connectivity index (χ2v) is 8.84. The predicted octanol–water partition coefficient (Wildman–Crippen LogP) is 0.996. The topological polar surface area (TPSA) is 66.3 Å². The summed E-state index contributed by atoms with van der Waals surface area (Å²) in [6, 6.07) is 8.36. The van der Waals surface area contributed by atoms with Gasteiger partial charge in [0, 0.05) is 24.3 Å². The van der Waals surface area contributed by atoms with Gasteiger partial charge in [-0.1, -0.05) is 31.9 Å². The number of hydrogen-bond donors (Lipinski definition) is 2. The molecule has 2 heterocycles. The SMILES string of the molecule is C[C@@H]1CCCC[C@]12NC(=O)N(C[NH+](C)Cc1ccc(N3CCOCC3)cc1)C2=O. The quantitative estimate of drug-likeness (QED) is 0.723. The first-order valence-corrected chi connectivity index (χ1v) is 10.9. The van der Waals surface area contributed by atoms with Crippen LogP contribution in [-0.2, 0) is 16.1 Å². The first kappa shape index (κ1) is 20.2. The van der Waals surface area contributed by atoms with Crippen LogP contribution in [0, 0.1) is 5.92 Å². The molecule has 3 fully saturated rings. The number of carbonyl (C=O) groups is 2. The van der Waals surface area contributed by atoms with E-state index in [-0.39, 0.29) is 17.9 Å². The highest BCUT2D eigenvalue weighted by atomic mass is 16.5. The van der Waals surface area contributed by atoms with Crippen molar-refractivity contribution in [2.45, 2.75) is 44.7 Å². The number of imide groups is 1. The van der Waals surface area contributed by atoms with Crippen LogP contribution in [-0.4, -0.2) is 62.4 Å². The van der Waals surface area contributed by atoms with Gasteiger partial charge in [0.25, 0.3) is 5.91 Å². The molecule has 3 atom stereocenters. The van der Waals surface area contributed by atoms with Crippen LogP contribution >= 0.6 is 0 Å². The Bertz CT molecular complexity index is 747. The van der Waals surface area contributed by atoms with E-state index in [1.54, 1.807) is 0 Å². The van der Waals surface area contributed by atoms with E-state index < -0.39 is 5.54 Å². The number of urea groups is 1. The maximum absolute atomic E-state index is 13.1.